The maximum atomic E-state index is 10.7. The lowest BCUT2D eigenvalue weighted by Gasteiger charge is -2.10. The molecular weight excluding hydrogens is 250 g/mol. The molecule has 5 heteroatoms. The Morgan fingerprint density at radius 2 is 2.14 bits per heavy atom. The normalized spacial score (nSPS) is 12.5. The Morgan fingerprint density at radius 3 is 2.57 bits per heavy atom. The number of nitrogens with two attached hydrogens (primary N) is 1. The van der Waals surface area contributed by atoms with Gasteiger partial charge < -0.3 is 15.9 Å². The molecule has 0 aliphatic rings. The van der Waals surface area contributed by atoms with E-state index in [2.05, 4.69) is 15.9 Å². The largest absolute Gasteiger partial charge is 0.506 e. The van der Waals surface area contributed by atoms with Gasteiger partial charge in [0.2, 0.25) is 0 Å². The molecule has 0 spiro atoms. The van der Waals surface area contributed by atoms with Crippen LogP contribution in [0, 0.1) is 0 Å². The zero-order valence-electron chi connectivity index (χ0n) is 7.49. The van der Waals surface area contributed by atoms with Gasteiger partial charge in [0.25, 0.3) is 0 Å². The predicted molar refractivity (Wildman–Crippen MR) is 55.4 cm³/mol. The average molecular weight is 260 g/mol. The van der Waals surface area contributed by atoms with Crippen LogP contribution in [0.3, 0.4) is 0 Å². The van der Waals surface area contributed by atoms with E-state index >= 15 is 0 Å². The van der Waals surface area contributed by atoms with Crippen molar-refractivity contribution in [2.75, 3.05) is 0 Å². The van der Waals surface area contributed by atoms with Crippen LogP contribution in [0.5, 0.6) is 5.75 Å². The number of aromatic hydroxyl groups is 1. The first-order valence-electron chi connectivity index (χ1n) is 3.94. The number of carbonyl (C=O) groups is 1. The minimum absolute atomic E-state index is 0.00926. The second-order valence-electron chi connectivity index (χ2n) is 2.99. The van der Waals surface area contributed by atoms with E-state index in [0.29, 0.717) is 10.0 Å². The fraction of sp³-hybridized carbons (Fsp3) is 0.222. The number of carboxylic acid groups (broad SMARTS) is 1. The Labute approximate surface area is 89.5 Å². The number of phenols is 1. The topological polar surface area (TPSA) is 83.6 Å². The number of rotatable bonds is 2. The molecular formula is C9H10BrNO3. The summed E-state index contributed by atoms with van der Waals surface area (Å²) in [6.45, 7) is 1.67. The molecule has 0 unspecified atom stereocenters. The first-order valence-corrected chi connectivity index (χ1v) is 4.74. The van der Waals surface area contributed by atoms with Gasteiger partial charge >= 0.3 is 5.97 Å². The van der Waals surface area contributed by atoms with Gasteiger partial charge in [-0.05, 0) is 35.0 Å². The van der Waals surface area contributed by atoms with Crippen molar-refractivity contribution in [3.63, 3.8) is 0 Å². The minimum Gasteiger partial charge on any atom is -0.506 e. The van der Waals surface area contributed by atoms with Crippen molar-refractivity contribution in [3.05, 3.63) is 27.7 Å². The molecule has 0 aliphatic carbocycles. The number of phenolic OH excluding ortho intramolecular Hbond substituents is 1. The van der Waals surface area contributed by atoms with E-state index in [-0.39, 0.29) is 11.3 Å². The standard InChI is InChI=1S/C9H10BrNO3/c1-4(11)6-2-5(9(13)14)3-7(10)8(6)12/h2-4,12H,11H2,1H3,(H,13,14)/t4-/m0/s1. The second kappa shape index (κ2) is 3.98. The Bertz CT molecular complexity index is 377. The van der Waals surface area contributed by atoms with Crippen molar-refractivity contribution in [3.8, 4) is 5.75 Å². The van der Waals surface area contributed by atoms with Crippen LogP contribution in [0.25, 0.3) is 0 Å². The summed E-state index contributed by atoms with van der Waals surface area (Å²) in [5.41, 5.74) is 6.09. The molecule has 1 aromatic carbocycles. The van der Waals surface area contributed by atoms with E-state index in [1.54, 1.807) is 6.92 Å². The third-order valence-corrected chi connectivity index (χ3v) is 2.43. The zero-order valence-corrected chi connectivity index (χ0v) is 9.08. The van der Waals surface area contributed by atoms with Crippen LogP contribution < -0.4 is 5.73 Å². The Kier molecular flexibility index (Phi) is 3.13. The zero-order chi connectivity index (χ0) is 10.9. The number of hydrogen-bond donors (Lipinski definition) is 3. The summed E-state index contributed by atoms with van der Waals surface area (Å²) in [4.78, 5) is 10.7. The van der Waals surface area contributed by atoms with Gasteiger partial charge in [-0.3, -0.25) is 0 Å². The van der Waals surface area contributed by atoms with Gasteiger partial charge in [-0.1, -0.05) is 0 Å². The first kappa shape index (κ1) is 11.0. The maximum absolute atomic E-state index is 10.7. The highest BCUT2D eigenvalue weighted by atomic mass is 79.9. The number of carboxylic acids is 1. The molecule has 76 valence electrons. The lowest BCUT2D eigenvalue weighted by Crippen LogP contribution is -2.07. The average Bonchev–Trinajstić information content (AvgIpc) is 2.08. The molecule has 0 amide bonds. The van der Waals surface area contributed by atoms with Crippen LogP contribution in [-0.2, 0) is 0 Å². The maximum Gasteiger partial charge on any atom is 0.335 e. The van der Waals surface area contributed by atoms with Gasteiger partial charge in [0.15, 0.2) is 0 Å². The molecule has 0 heterocycles. The lowest BCUT2D eigenvalue weighted by atomic mass is 10.0. The summed E-state index contributed by atoms with van der Waals surface area (Å²) in [5, 5.41) is 18.3. The molecule has 0 fully saturated rings. The molecule has 0 radical (unpaired) electrons. The molecule has 1 atom stereocenters. The number of aromatic carboxylic acids is 1. The van der Waals surface area contributed by atoms with Crippen LogP contribution >= 0.6 is 15.9 Å². The molecule has 1 rings (SSSR count). The van der Waals surface area contributed by atoms with Crippen molar-refractivity contribution >= 4 is 21.9 Å². The van der Waals surface area contributed by atoms with Crippen LogP contribution in [0.15, 0.2) is 16.6 Å². The summed E-state index contributed by atoms with van der Waals surface area (Å²) in [6.07, 6.45) is 0. The number of halogens is 1. The van der Waals surface area contributed by atoms with E-state index in [9.17, 15) is 9.90 Å². The second-order valence-corrected chi connectivity index (χ2v) is 3.84. The van der Waals surface area contributed by atoms with Crippen LogP contribution in [0.1, 0.15) is 28.9 Å². The third-order valence-electron chi connectivity index (χ3n) is 1.83. The van der Waals surface area contributed by atoms with Gasteiger partial charge in [0.1, 0.15) is 5.75 Å². The van der Waals surface area contributed by atoms with Crippen molar-refractivity contribution in [1.29, 1.82) is 0 Å². The Hall–Kier alpha value is -1.07. The van der Waals surface area contributed by atoms with Gasteiger partial charge in [-0.25, -0.2) is 4.79 Å². The molecule has 0 bridgehead atoms. The molecule has 14 heavy (non-hydrogen) atoms. The Balaban J connectivity index is 3.35. The fourth-order valence-corrected chi connectivity index (χ4v) is 1.57. The SMILES string of the molecule is C[C@H](N)c1cc(C(=O)O)cc(Br)c1O. The quantitative estimate of drug-likeness (QED) is 0.757. The summed E-state index contributed by atoms with van der Waals surface area (Å²) in [6, 6.07) is 2.29. The Morgan fingerprint density at radius 1 is 1.57 bits per heavy atom. The molecule has 0 aliphatic heterocycles. The number of hydrogen-bond acceptors (Lipinski definition) is 3. The summed E-state index contributed by atoms with van der Waals surface area (Å²) in [5.74, 6) is -1.06. The molecule has 4 nitrogen and oxygen atoms in total. The van der Waals surface area contributed by atoms with Gasteiger partial charge in [-0.15, -0.1) is 0 Å². The summed E-state index contributed by atoms with van der Waals surface area (Å²) in [7, 11) is 0. The van der Waals surface area contributed by atoms with Crippen LogP contribution in [0.2, 0.25) is 0 Å². The molecule has 0 saturated carbocycles. The van der Waals surface area contributed by atoms with E-state index in [1.807, 2.05) is 0 Å². The molecule has 4 N–H and O–H groups in total. The van der Waals surface area contributed by atoms with Crippen LogP contribution in [0.4, 0.5) is 0 Å². The van der Waals surface area contributed by atoms with Crippen LogP contribution in [-0.4, -0.2) is 16.2 Å². The summed E-state index contributed by atoms with van der Waals surface area (Å²) >= 11 is 3.06. The highest BCUT2D eigenvalue weighted by molar-refractivity contribution is 9.10. The van der Waals surface area contributed by atoms with E-state index in [1.165, 1.54) is 12.1 Å². The van der Waals surface area contributed by atoms with Crippen molar-refractivity contribution in [2.45, 2.75) is 13.0 Å². The first-order chi connectivity index (χ1) is 6.43. The third kappa shape index (κ3) is 2.05. The van der Waals surface area contributed by atoms with Crippen molar-refractivity contribution in [2.24, 2.45) is 5.73 Å². The summed E-state index contributed by atoms with van der Waals surface area (Å²) < 4.78 is 0.338. The van der Waals surface area contributed by atoms with E-state index in [4.69, 9.17) is 10.8 Å². The molecule has 0 saturated heterocycles. The van der Waals surface area contributed by atoms with E-state index < -0.39 is 12.0 Å². The smallest absolute Gasteiger partial charge is 0.335 e. The van der Waals surface area contributed by atoms with Crippen molar-refractivity contribution < 1.29 is 15.0 Å². The van der Waals surface area contributed by atoms with Crippen molar-refractivity contribution in [1.82, 2.24) is 0 Å². The molecule has 1 aromatic rings. The van der Waals surface area contributed by atoms with Gasteiger partial charge in [0.05, 0.1) is 10.0 Å². The number of benzene rings is 1. The fourth-order valence-electron chi connectivity index (χ4n) is 1.09. The highest BCUT2D eigenvalue weighted by Crippen LogP contribution is 2.32. The van der Waals surface area contributed by atoms with E-state index in [0.717, 1.165) is 0 Å². The predicted octanol–water partition coefficient (Wildman–Crippen LogP) is 1.87. The van der Waals surface area contributed by atoms with Gasteiger partial charge in [-0.2, -0.15) is 0 Å². The minimum atomic E-state index is -1.05. The monoisotopic (exact) mass is 259 g/mol. The van der Waals surface area contributed by atoms with Gasteiger partial charge in [0, 0.05) is 11.6 Å². The lowest BCUT2D eigenvalue weighted by molar-refractivity contribution is 0.0696. The highest BCUT2D eigenvalue weighted by Gasteiger charge is 2.14. The molecule has 0 aromatic heterocycles.